The van der Waals surface area contributed by atoms with Gasteiger partial charge < -0.3 is 14.6 Å². The summed E-state index contributed by atoms with van der Waals surface area (Å²) in [4.78, 5) is 19.3. The summed E-state index contributed by atoms with van der Waals surface area (Å²) in [6, 6.07) is 2.29. The first-order valence-corrected chi connectivity index (χ1v) is 9.12. The molecule has 2 aromatic rings. The number of oxazole rings is 1. The summed E-state index contributed by atoms with van der Waals surface area (Å²) in [6.45, 7) is 6.68. The first-order valence-electron chi connectivity index (χ1n) is 8.18. The highest BCUT2D eigenvalue weighted by Gasteiger charge is 2.27. The van der Waals surface area contributed by atoms with E-state index in [0.717, 1.165) is 49.5 Å². The summed E-state index contributed by atoms with van der Waals surface area (Å²) in [5.41, 5.74) is 1.73. The zero-order valence-corrected chi connectivity index (χ0v) is 14.5. The van der Waals surface area contributed by atoms with Crippen LogP contribution in [0.2, 0.25) is 0 Å². The minimum Gasteiger partial charge on any atom is -0.441 e. The van der Waals surface area contributed by atoms with Crippen molar-refractivity contribution in [1.82, 2.24) is 15.2 Å². The van der Waals surface area contributed by atoms with Gasteiger partial charge in [-0.3, -0.25) is 4.79 Å². The molecule has 124 valence electrons. The van der Waals surface area contributed by atoms with E-state index in [9.17, 15) is 4.79 Å². The van der Waals surface area contributed by atoms with Crippen LogP contribution in [0.15, 0.2) is 21.2 Å². The lowest BCUT2D eigenvalue weighted by molar-refractivity contribution is -0.132. The maximum absolute atomic E-state index is 12.8. The van der Waals surface area contributed by atoms with Crippen LogP contribution < -0.4 is 5.32 Å². The van der Waals surface area contributed by atoms with Gasteiger partial charge in [0.1, 0.15) is 5.76 Å². The topological polar surface area (TPSA) is 58.4 Å². The Kier molecular flexibility index (Phi) is 5.13. The summed E-state index contributed by atoms with van der Waals surface area (Å²) in [7, 11) is 0. The molecule has 0 aromatic carbocycles. The molecule has 1 aliphatic heterocycles. The van der Waals surface area contributed by atoms with Crippen LogP contribution in [0.4, 0.5) is 0 Å². The van der Waals surface area contributed by atoms with Gasteiger partial charge in [0.25, 0.3) is 0 Å². The fourth-order valence-electron chi connectivity index (χ4n) is 3.00. The molecule has 3 rings (SSSR count). The third-order valence-corrected chi connectivity index (χ3v) is 4.92. The van der Waals surface area contributed by atoms with Crippen molar-refractivity contribution in [2.45, 2.75) is 39.2 Å². The van der Waals surface area contributed by atoms with Crippen LogP contribution in [-0.4, -0.2) is 41.5 Å². The number of hydrogen-bond acceptors (Lipinski definition) is 5. The highest BCUT2D eigenvalue weighted by molar-refractivity contribution is 7.08. The van der Waals surface area contributed by atoms with Gasteiger partial charge in [0.15, 0.2) is 0 Å². The summed E-state index contributed by atoms with van der Waals surface area (Å²) >= 11 is 1.61. The fourth-order valence-corrected chi connectivity index (χ4v) is 3.63. The molecule has 5 nitrogen and oxygen atoms in total. The van der Waals surface area contributed by atoms with Gasteiger partial charge in [0.2, 0.25) is 11.8 Å². The third kappa shape index (κ3) is 3.64. The predicted molar refractivity (Wildman–Crippen MR) is 91.5 cm³/mol. The molecule has 1 aliphatic rings. The molecular weight excluding hydrogens is 310 g/mol. The van der Waals surface area contributed by atoms with E-state index in [1.807, 2.05) is 28.7 Å². The van der Waals surface area contributed by atoms with Gasteiger partial charge in [-0.25, -0.2) is 4.98 Å². The maximum atomic E-state index is 12.8. The van der Waals surface area contributed by atoms with Crippen molar-refractivity contribution in [1.29, 1.82) is 0 Å². The van der Waals surface area contributed by atoms with Crippen LogP contribution in [0, 0.1) is 6.92 Å². The smallest absolute Gasteiger partial charge is 0.229 e. The van der Waals surface area contributed by atoms with Gasteiger partial charge in [0.05, 0.1) is 12.1 Å². The zero-order chi connectivity index (χ0) is 16.2. The number of hydrogen-bond donors (Lipinski definition) is 1. The number of aromatic nitrogens is 1. The van der Waals surface area contributed by atoms with Crippen molar-refractivity contribution in [2.75, 3.05) is 19.6 Å². The maximum Gasteiger partial charge on any atom is 0.229 e. The number of carbonyl (C=O) groups is 1. The Labute approximate surface area is 140 Å². The lowest BCUT2D eigenvalue weighted by Gasteiger charge is -2.28. The number of amides is 1. The monoisotopic (exact) mass is 333 g/mol. The van der Waals surface area contributed by atoms with E-state index in [2.05, 4.69) is 17.2 Å². The van der Waals surface area contributed by atoms with Crippen molar-refractivity contribution >= 4 is 17.2 Å². The highest BCUT2D eigenvalue weighted by Crippen LogP contribution is 2.24. The van der Waals surface area contributed by atoms with Crippen LogP contribution in [0.5, 0.6) is 0 Å². The molecule has 1 saturated heterocycles. The minimum atomic E-state index is 0.147. The van der Waals surface area contributed by atoms with E-state index in [4.69, 9.17) is 4.42 Å². The number of carbonyl (C=O) groups excluding carboxylic acids is 1. The van der Waals surface area contributed by atoms with E-state index >= 15 is 0 Å². The van der Waals surface area contributed by atoms with Crippen molar-refractivity contribution in [3.05, 3.63) is 28.3 Å². The SMILES string of the molecule is CCCN(C(=O)Cc1nc(-c2ccsc2)oc1C)C1CCNC1. The molecule has 23 heavy (non-hydrogen) atoms. The van der Waals surface area contributed by atoms with E-state index in [1.54, 1.807) is 11.3 Å². The Hall–Kier alpha value is -1.66. The van der Waals surface area contributed by atoms with Crippen LogP contribution in [0.25, 0.3) is 11.5 Å². The molecule has 1 fully saturated rings. The quantitative estimate of drug-likeness (QED) is 0.883. The van der Waals surface area contributed by atoms with Gasteiger partial charge in [-0.15, -0.1) is 0 Å². The van der Waals surface area contributed by atoms with Gasteiger partial charge in [-0.05, 0) is 37.8 Å². The normalized spacial score (nSPS) is 17.6. The second-order valence-corrected chi connectivity index (χ2v) is 6.72. The number of nitrogens with one attached hydrogen (secondary N) is 1. The highest BCUT2D eigenvalue weighted by atomic mass is 32.1. The first-order chi connectivity index (χ1) is 11.2. The summed E-state index contributed by atoms with van der Waals surface area (Å²) in [6.07, 6.45) is 2.32. The molecule has 1 N–H and O–H groups in total. The van der Waals surface area contributed by atoms with Crippen LogP contribution in [0.1, 0.15) is 31.2 Å². The number of rotatable bonds is 6. The first kappa shape index (κ1) is 16.2. The molecule has 2 aromatic heterocycles. The minimum absolute atomic E-state index is 0.147. The average Bonchev–Trinajstić information content (AvgIpc) is 3.27. The summed E-state index contributed by atoms with van der Waals surface area (Å²) < 4.78 is 5.74. The second-order valence-electron chi connectivity index (χ2n) is 5.94. The molecule has 1 amide bonds. The number of thiophene rings is 1. The van der Waals surface area contributed by atoms with Gasteiger partial charge in [0, 0.05) is 30.1 Å². The lowest BCUT2D eigenvalue weighted by Crippen LogP contribution is -2.43. The zero-order valence-electron chi connectivity index (χ0n) is 13.7. The average molecular weight is 333 g/mol. The Bertz CT molecular complexity index is 645. The molecule has 0 saturated carbocycles. The summed E-state index contributed by atoms with van der Waals surface area (Å²) in [5.74, 6) is 1.49. The van der Waals surface area contributed by atoms with Gasteiger partial charge >= 0.3 is 0 Å². The molecule has 6 heteroatoms. The molecule has 1 unspecified atom stereocenters. The Balaban J connectivity index is 1.73. The van der Waals surface area contributed by atoms with E-state index in [1.165, 1.54) is 0 Å². The van der Waals surface area contributed by atoms with Crippen LogP contribution >= 0.6 is 11.3 Å². The van der Waals surface area contributed by atoms with Crippen LogP contribution in [0.3, 0.4) is 0 Å². The van der Waals surface area contributed by atoms with E-state index < -0.39 is 0 Å². The molecule has 3 heterocycles. The molecule has 1 atom stereocenters. The molecular formula is C17H23N3O2S. The Morgan fingerprint density at radius 2 is 2.43 bits per heavy atom. The Morgan fingerprint density at radius 1 is 1.57 bits per heavy atom. The Morgan fingerprint density at radius 3 is 3.09 bits per heavy atom. The largest absolute Gasteiger partial charge is 0.441 e. The van der Waals surface area contributed by atoms with Crippen molar-refractivity contribution in [2.24, 2.45) is 0 Å². The lowest BCUT2D eigenvalue weighted by atomic mass is 10.1. The molecule has 0 radical (unpaired) electrons. The molecule has 0 bridgehead atoms. The predicted octanol–water partition coefficient (Wildman–Crippen LogP) is 2.85. The van der Waals surface area contributed by atoms with E-state index in [0.29, 0.717) is 18.4 Å². The van der Waals surface area contributed by atoms with Crippen molar-refractivity contribution in [3.63, 3.8) is 0 Å². The summed E-state index contributed by atoms with van der Waals surface area (Å²) in [5, 5.41) is 7.34. The fraction of sp³-hybridized carbons (Fsp3) is 0.529. The molecule has 0 aliphatic carbocycles. The van der Waals surface area contributed by atoms with E-state index in [-0.39, 0.29) is 5.91 Å². The van der Waals surface area contributed by atoms with Gasteiger partial charge in [-0.2, -0.15) is 11.3 Å². The molecule has 0 spiro atoms. The second kappa shape index (κ2) is 7.27. The van der Waals surface area contributed by atoms with Crippen LogP contribution in [-0.2, 0) is 11.2 Å². The number of aryl methyl sites for hydroxylation is 1. The van der Waals surface area contributed by atoms with Crippen molar-refractivity contribution < 1.29 is 9.21 Å². The third-order valence-electron chi connectivity index (χ3n) is 4.24. The number of nitrogens with zero attached hydrogens (tertiary/aromatic N) is 2. The van der Waals surface area contributed by atoms with Gasteiger partial charge in [-0.1, -0.05) is 6.92 Å². The van der Waals surface area contributed by atoms with Crippen molar-refractivity contribution in [3.8, 4) is 11.5 Å². The standard InChI is InChI=1S/C17H23N3O2S/c1-3-7-20(14-4-6-18-10-14)16(21)9-15-12(2)22-17(19-15)13-5-8-23-11-13/h5,8,11,14,18H,3-4,6-7,9-10H2,1-2H3.